The van der Waals surface area contributed by atoms with Crippen LogP contribution in [0.25, 0.3) is 0 Å². The van der Waals surface area contributed by atoms with E-state index in [2.05, 4.69) is 5.16 Å². The Labute approximate surface area is 99.0 Å². The molecule has 4 heteroatoms. The SMILES string of the molecule is O/N=C1\C2C3CC4C5C3C1C5C1(OCCO1)C42. The van der Waals surface area contributed by atoms with Crippen molar-refractivity contribution in [3.63, 3.8) is 0 Å². The number of nitrogens with zero attached hydrogens (tertiary/aromatic N) is 1. The lowest BCUT2D eigenvalue weighted by atomic mass is 9.58. The van der Waals surface area contributed by atoms with Crippen LogP contribution in [0.3, 0.4) is 0 Å². The van der Waals surface area contributed by atoms with Crippen LogP contribution in [0.5, 0.6) is 0 Å². The summed E-state index contributed by atoms with van der Waals surface area (Å²) in [6.07, 6.45) is 1.34. The minimum absolute atomic E-state index is 0.263. The molecule has 1 spiro atoms. The van der Waals surface area contributed by atoms with Gasteiger partial charge in [-0.25, -0.2) is 0 Å². The molecule has 0 aromatic heterocycles. The van der Waals surface area contributed by atoms with Crippen molar-refractivity contribution in [2.45, 2.75) is 12.2 Å². The predicted molar refractivity (Wildman–Crippen MR) is 56.4 cm³/mol. The number of hydrogen-bond acceptors (Lipinski definition) is 4. The summed E-state index contributed by atoms with van der Waals surface area (Å²) in [5, 5.41) is 13.0. The number of fused-ring (bicyclic) bond motifs is 4. The number of hydrogen-bond donors (Lipinski definition) is 1. The Bertz CT molecular complexity index is 469. The van der Waals surface area contributed by atoms with Crippen molar-refractivity contribution in [1.29, 1.82) is 0 Å². The van der Waals surface area contributed by atoms with Crippen molar-refractivity contribution in [3.8, 4) is 0 Å². The highest BCUT2D eigenvalue weighted by molar-refractivity contribution is 5.96. The second-order valence-electron chi connectivity index (χ2n) is 6.76. The van der Waals surface area contributed by atoms with Crippen LogP contribution in [0.2, 0.25) is 0 Å². The van der Waals surface area contributed by atoms with E-state index in [4.69, 9.17) is 9.47 Å². The summed E-state index contributed by atoms with van der Waals surface area (Å²) in [6, 6.07) is 0. The van der Waals surface area contributed by atoms with Crippen LogP contribution >= 0.6 is 0 Å². The van der Waals surface area contributed by atoms with E-state index in [0.717, 1.165) is 42.6 Å². The van der Waals surface area contributed by atoms with Crippen molar-refractivity contribution in [3.05, 3.63) is 0 Å². The van der Waals surface area contributed by atoms with Crippen molar-refractivity contribution in [2.75, 3.05) is 13.2 Å². The topological polar surface area (TPSA) is 51.1 Å². The van der Waals surface area contributed by atoms with E-state index < -0.39 is 0 Å². The summed E-state index contributed by atoms with van der Waals surface area (Å²) in [7, 11) is 0. The van der Waals surface area contributed by atoms with Gasteiger partial charge in [-0.15, -0.1) is 0 Å². The maximum Gasteiger partial charge on any atom is 0.175 e. The fraction of sp³-hybridized carbons (Fsp3) is 0.923. The lowest BCUT2D eigenvalue weighted by molar-refractivity contribution is -0.241. The normalized spacial score (nSPS) is 68.8. The lowest BCUT2D eigenvalue weighted by Crippen LogP contribution is -2.58. The van der Waals surface area contributed by atoms with Crippen LogP contribution in [-0.2, 0) is 9.47 Å². The van der Waals surface area contributed by atoms with Gasteiger partial charge >= 0.3 is 0 Å². The molecular formula is C13H15NO3. The largest absolute Gasteiger partial charge is 0.411 e. The maximum absolute atomic E-state index is 9.32. The first-order valence-corrected chi connectivity index (χ1v) is 6.88. The summed E-state index contributed by atoms with van der Waals surface area (Å²) in [6.45, 7) is 1.51. The van der Waals surface area contributed by atoms with Gasteiger partial charge in [-0.3, -0.25) is 0 Å². The molecule has 2 bridgehead atoms. The van der Waals surface area contributed by atoms with E-state index in [1.807, 2.05) is 0 Å². The second kappa shape index (κ2) is 2.16. The monoisotopic (exact) mass is 233 g/mol. The Morgan fingerprint density at radius 2 is 1.88 bits per heavy atom. The van der Waals surface area contributed by atoms with Gasteiger partial charge in [0.15, 0.2) is 5.79 Å². The Morgan fingerprint density at radius 3 is 2.65 bits per heavy atom. The number of oxime groups is 1. The van der Waals surface area contributed by atoms with E-state index in [1.54, 1.807) is 0 Å². The molecule has 6 aliphatic rings. The predicted octanol–water partition coefficient (Wildman–Crippen LogP) is 0.947. The van der Waals surface area contributed by atoms with E-state index >= 15 is 0 Å². The molecule has 1 heterocycles. The van der Waals surface area contributed by atoms with Gasteiger partial charge < -0.3 is 14.7 Å². The van der Waals surface area contributed by atoms with Crippen molar-refractivity contribution < 1.29 is 14.7 Å². The van der Waals surface area contributed by atoms with Gasteiger partial charge in [-0.2, -0.15) is 0 Å². The minimum atomic E-state index is -0.263. The van der Waals surface area contributed by atoms with Crippen LogP contribution in [-0.4, -0.2) is 29.9 Å². The van der Waals surface area contributed by atoms with Crippen LogP contribution < -0.4 is 0 Å². The summed E-state index contributed by atoms with van der Waals surface area (Å²) in [4.78, 5) is 0. The molecule has 90 valence electrons. The van der Waals surface area contributed by atoms with Gasteiger partial charge in [0.25, 0.3) is 0 Å². The molecule has 4 nitrogen and oxygen atoms in total. The Balaban J connectivity index is 1.64. The zero-order chi connectivity index (χ0) is 10.9. The molecule has 17 heavy (non-hydrogen) atoms. The molecule has 0 aromatic carbocycles. The molecular weight excluding hydrogens is 218 g/mol. The van der Waals surface area contributed by atoms with Crippen LogP contribution in [0.15, 0.2) is 5.16 Å². The highest BCUT2D eigenvalue weighted by atomic mass is 16.7. The van der Waals surface area contributed by atoms with Crippen LogP contribution in [0, 0.1) is 47.3 Å². The molecule has 5 saturated carbocycles. The molecule has 5 aliphatic carbocycles. The van der Waals surface area contributed by atoms with Gasteiger partial charge in [0.1, 0.15) is 0 Å². The van der Waals surface area contributed by atoms with E-state index in [-0.39, 0.29) is 5.79 Å². The zero-order valence-electron chi connectivity index (χ0n) is 9.45. The summed E-state index contributed by atoms with van der Waals surface area (Å²) < 4.78 is 12.2. The van der Waals surface area contributed by atoms with Gasteiger partial charge in [0.05, 0.1) is 18.9 Å². The van der Waals surface area contributed by atoms with Crippen LogP contribution in [0.4, 0.5) is 0 Å². The van der Waals surface area contributed by atoms with Crippen molar-refractivity contribution in [1.82, 2.24) is 0 Å². The number of ether oxygens (including phenoxy) is 2. The first-order valence-electron chi connectivity index (χ1n) is 6.88. The van der Waals surface area contributed by atoms with E-state index in [1.165, 1.54) is 6.42 Å². The van der Waals surface area contributed by atoms with E-state index in [0.29, 0.717) is 23.7 Å². The molecule has 8 atom stereocenters. The van der Waals surface area contributed by atoms with Crippen LogP contribution in [0.1, 0.15) is 6.42 Å². The third kappa shape index (κ3) is 0.557. The van der Waals surface area contributed by atoms with Gasteiger partial charge in [0.2, 0.25) is 0 Å². The molecule has 1 N–H and O–H groups in total. The van der Waals surface area contributed by atoms with Crippen molar-refractivity contribution >= 4 is 5.71 Å². The third-order valence-corrected chi connectivity index (χ3v) is 6.97. The van der Waals surface area contributed by atoms with Gasteiger partial charge in [-0.05, 0) is 30.1 Å². The maximum atomic E-state index is 9.32. The average molecular weight is 233 g/mol. The molecule has 1 saturated heterocycles. The summed E-state index contributed by atoms with van der Waals surface area (Å²) in [5.74, 6) is 4.94. The molecule has 0 amide bonds. The molecule has 6 fully saturated rings. The van der Waals surface area contributed by atoms with Gasteiger partial charge in [-0.1, -0.05) is 5.16 Å². The molecule has 0 aromatic rings. The van der Waals surface area contributed by atoms with Gasteiger partial charge in [0, 0.05) is 23.7 Å². The second-order valence-corrected chi connectivity index (χ2v) is 6.76. The fourth-order valence-corrected chi connectivity index (χ4v) is 7.11. The molecule has 8 unspecified atom stereocenters. The van der Waals surface area contributed by atoms with E-state index in [9.17, 15) is 5.21 Å². The quantitative estimate of drug-likeness (QED) is 0.500. The molecule has 6 rings (SSSR count). The highest BCUT2D eigenvalue weighted by Crippen LogP contribution is 2.85. The molecule has 1 aliphatic heterocycles. The Kier molecular flexibility index (Phi) is 1.08. The first kappa shape index (κ1) is 8.48. The Hall–Kier alpha value is -0.610. The lowest BCUT2D eigenvalue weighted by Gasteiger charge is -2.50. The fourth-order valence-electron chi connectivity index (χ4n) is 7.11. The minimum Gasteiger partial charge on any atom is -0.411 e. The average Bonchev–Trinajstić information content (AvgIpc) is 2.95. The number of rotatable bonds is 0. The smallest absolute Gasteiger partial charge is 0.175 e. The summed E-state index contributed by atoms with van der Waals surface area (Å²) in [5.41, 5.74) is 1.11. The molecule has 0 radical (unpaired) electrons. The zero-order valence-corrected chi connectivity index (χ0v) is 9.45. The Morgan fingerprint density at radius 1 is 1.06 bits per heavy atom. The van der Waals surface area contributed by atoms with Crippen molar-refractivity contribution in [2.24, 2.45) is 52.5 Å². The first-order chi connectivity index (χ1) is 8.38. The summed E-state index contributed by atoms with van der Waals surface area (Å²) >= 11 is 0. The highest BCUT2D eigenvalue weighted by Gasteiger charge is 2.88. The third-order valence-electron chi connectivity index (χ3n) is 6.97. The standard InChI is InChI=1S/C13H15NO3/c15-14-12-8-4-3-5-7-6(4)9(12)11(7)13(10(5)8)16-1-2-17-13/h4-11,15H,1-3H2/b14-12+.